The summed E-state index contributed by atoms with van der Waals surface area (Å²) in [6, 6.07) is 13.5. The molecule has 1 fully saturated rings. The summed E-state index contributed by atoms with van der Waals surface area (Å²) in [6.45, 7) is 8.73. The molecule has 0 saturated carbocycles. The van der Waals surface area contributed by atoms with Crippen molar-refractivity contribution in [3.63, 3.8) is 0 Å². The summed E-state index contributed by atoms with van der Waals surface area (Å²) in [5.41, 5.74) is 0.0637. The fourth-order valence-corrected chi connectivity index (χ4v) is 4.67. The Morgan fingerprint density at radius 3 is 2.59 bits per heavy atom. The van der Waals surface area contributed by atoms with Crippen molar-refractivity contribution in [3.8, 4) is 0 Å². The molecule has 8 heteroatoms. The van der Waals surface area contributed by atoms with E-state index in [1.807, 2.05) is 48.7 Å². The number of esters is 1. The second-order valence-corrected chi connectivity index (χ2v) is 10.1. The Bertz CT molecular complexity index is 1230. The van der Waals surface area contributed by atoms with Gasteiger partial charge < -0.3 is 14.0 Å². The van der Waals surface area contributed by atoms with Crippen molar-refractivity contribution in [2.75, 3.05) is 6.61 Å². The Morgan fingerprint density at radius 2 is 1.97 bits per heavy atom. The molecular formula is C26H29FN2O5. The highest BCUT2D eigenvalue weighted by Crippen LogP contribution is 2.37. The molecule has 1 aliphatic rings. The van der Waals surface area contributed by atoms with Gasteiger partial charge in [0, 0.05) is 35.7 Å². The van der Waals surface area contributed by atoms with Crippen LogP contribution < -0.4 is 0 Å². The molecule has 1 atom stereocenters. The number of carbonyl (C=O) groups is 1. The minimum absolute atomic E-state index is 0.133. The van der Waals surface area contributed by atoms with E-state index in [0.29, 0.717) is 29.7 Å². The summed E-state index contributed by atoms with van der Waals surface area (Å²) in [4.78, 5) is 23.8. The molecule has 0 bridgehead atoms. The van der Waals surface area contributed by atoms with Crippen molar-refractivity contribution < 1.29 is 23.6 Å². The maximum Gasteiger partial charge on any atom is 0.317 e. The van der Waals surface area contributed by atoms with Crippen LogP contribution in [0.3, 0.4) is 0 Å². The van der Waals surface area contributed by atoms with Gasteiger partial charge in [0.2, 0.25) is 5.82 Å². The second kappa shape index (κ2) is 8.83. The van der Waals surface area contributed by atoms with Gasteiger partial charge in [-0.2, -0.15) is 4.39 Å². The number of carbonyl (C=O) groups excluding carboxylic acids is 1. The number of nitro benzene ring substituents is 1. The molecule has 3 aromatic rings. The normalized spacial score (nSPS) is 17.7. The average molecular weight is 469 g/mol. The highest BCUT2D eigenvalue weighted by atomic mass is 19.1. The van der Waals surface area contributed by atoms with Crippen molar-refractivity contribution in [3.05, 3.63) is 75.7 Å². The lowest BCUT2D eigenvalue weighted by atomic mass is 9.88. The van der Waals surface area contributed by atoms with Gasteiger partial charge in [-0.25, -0.2) is 0 Å². The zero-order chi connectivity index (χ0) is 24.7. The summed E-state index contributed by atoms with van der Waals surface area (Å²) in [5.74, 6) is -1.19. The minimum Gasteiger partial charge on any atom is -0.460 e. The van der Waals surface area contributed by atoms with E-state index in [9.17, 15) is 19.3 Å². The maximum atomic E-state index is 14.6. The van der Waals surface area contributed by atoms with Crippen LogP contribution in [0.25, 0.3) is 10.9 Å². The molecule has 2 heterocycles. The van der Waals surface area contributed by atoms with E-state index in [1.165, 1.54) is 12.1 Å². The lowest BCUT2D eigenvalue weighted by Crippen LogP contribution is -2.34. The fraction of sp³-hybridized carbons (Fsp3) is 0.423. The molecule has 1 saturated heterocycles. The molecule has 1 aromatic heterocycles. The van der Waals surface area contributed by atoms with Crippen LogP contribution >= 0.6 is 0 Å². The number of rotatable bonds is 7. The third-order valence-electron chi connectivity index (χ3n) is 6.46. The zero-order valence-electron chi connectivity index (χ0n) is 19.8. The molecule has 34 heavy (non-hydrogen) atoms. The largest absolute Gasteiger partial charge is 0.460 e. The number of nitro groups is 1. The van der Waals surface area contributed by atoms with Gasteiger partial charge in [0.05, 0.1) is 22.6 Å². The molecule has 1 aliphatic heterocycles. The van der Waals surface area contributed by atoms with Gasteiger partial charge in [0.25, 0.3) is 0 Å². The Labute approximate surface area is 197 Å². The number of ether oxygens (including phenoxy) is 2. The van der Waals surface area contributed by atoms with Gasteiger partial charge in [-0.15, -0.1) is 0 Å². The van der Waals surface area contributed by atoms with E-state index < -0.39 is 27.8 Å². The van der Waals surface area contributed by atoms with Gasteiger partial charge in [-0.05, 0) is 45.7 Å². The van der Waals surface area contributed by atoms with Crippen LogP contribution in [0.15, 0.2) is 48.5 Å². The highest BCUT2D eigenvalue weighted by Gasteiger charge is 2.38. The highest BCUT2D eigenvalue weighted by molar-refractivity contribution is 5.88. The van der Waals surface area contributed by atoms with Crippen LogP contribution in [-0.4, -0.2) is 27.7 Å². The molecule has 0 aliphatic carbocycles. The molecular weight excluding hydrogens is 439 g/mol. The van der Waals surface area contributed by atoms with Crippen LogP contribution in [-0.2, 0) is 32.8 Å². The van der Waals surface area contributed by atoms with Crippen molar-refractivity contribution >= 4 is 22.6 Å². The number of nitrogens with zero attached hydrogens (tertiary/aromatic N) is 2. The van der Waals surface area contributed by atoms with Crippen LogP contribution in [0, 0.1) is 21.8 Å². The smallest absolute Gasteiger partial charge is 0.317 e. The first kappa shape index (κ1) is 23.9. The Morgan fingerprint density at radius 1 is 1.26 bits per heavy atom. The molecule has 0 spiro atoms. The Kier molecular flexibility index (Phi) is 6.20. The number of hydrogen-bond acceptors (Lipinski definition) is 5. The molecule has 0 amide bonds. The van der Waals surface area contributed by atoms with Crippen molar-refractivity contribution in [1.82, 2.24) is 4.57 Å². The van der Waals surface area contributed by atoms with Crippen LogP contribution in [0.1, 0.15) is 45.4 Å². The zero-order valence-corrected chi connectivity index (χ0v) is 19.8. The number of aromatic nitrogens is 1. The SMILES string of the molecule is CC1(C)C[C@H](Cn2c(C(C)(C)C(=O)OCc3ccccc3)cc3cc([N+](=O)[O-])c(F)cc32)CO1. The van der Waals surface area contributed by atoms with E-state index in [1.54, 1.807) is 19.9 Å². The number of hydrogen-bond donors (Lipinski definition) is 0. The van der Waals surface area contributed by atoms with Gasteiger partial charge in [-0.1, -0.05) is 30.3 Å². The van der Waals surface area contributed by atoms with E-state index in [4.69, 9.17) is 9.47 Å². The van der Waals surface area contributed by atoms with E-state index >= 15 is 0 Å². The summed E-state index contributed by atoms with van der Waals surface area (Å²) in [6.07, 6.45) is 0.806. The Hall–Kier alpha value is -3.26. The number of halogens is 1. The maximum absolute atomic E-state index is 14.6. The first-order valence-electron chi connectivity index (χ1n) is 11.3. The molecule has 0 N–H and O–H groups in total. The van der Waals surface area contributed by atoms with Crippen LogP contribution in [0.2, 0.25) is 0 Å². The predicted octanol–water partition coefficient (Wildman–Crippen LogP) is 5.52. The first-order chi connectivity index (χ1) is 16.0. The lowest BCUT2D eigenvalue weighted by molar-refractivity contribution is -0.387. The minimum atomic E-state index is -1.08. The first-order valence-corrected chi connectivity index (χ1v) is 11.3. The fourth-order valence-electron chi connectivity index (χ4n) is 4.67. The van der Waals surface area contributed by atoms with Crippen molar-refractivity contribution in [2.45, 2.75) is 58.3 Å². The third-order valence-corrected chi connectivity index (χ3v) is 6.46. The molecule has 180 valence electrons. The molecule has 4 rings (SSSR count). The lowest BCUT2D eigenvalue weighted by Gasteiger charge is -2.26. The van der Waals surface area contributed by atoms with Gasteiger partial charge in [0.1, 0.15) is 12.0 Å². The quantitative estimate of drug-likeness (QED) is 0.259. The summed E-state index contributed by atoms with van der Waals surface area (Å²) < 4.78 is 28.0. The average Bonchev–Trinajstić information content (AvgIpc) is 3.31. The van der Waals surface area contributed by atoms with Gasteiger partial charge >= 0.3 is 11.7 Å². The summed E-state index contributed by atoms with van der Waals surface area (Å²) in [7, 11) is 0. The Balaban J connectivity index is 1.73. The molecule has 7 nitrogen and oxygen atoms in total. The predicted molar refractivity (Wildman–Crippen MR) is 126 cm³/mol. The van der Waals surface area contributed by atoms with E-state index in [-0.39, 0.29) is 18.1 Å². The summed E-state index contributed by atoms with van der Waals surface area (Å²) >= 11 is 0. The van der Waals surface area contributed by atoms with Crippen molar-refractivity contribution in [1.29, 1.82) is 0 Å². The molecule has 0 radical (unpaired) electrons. The van der Waals surface area contributed by atoms with Crippen LogP contribution in [0.4, 0.5) is 10.1 Å². The van der Waals surface area contributed by atoms with Crippen molar-refractivity contribution in [2.24, 2.45) is 5.92 Å². The second-order valence-electron chi connectivity index (χ2n) is 10.1. The van der Waals surface area contributed by atoms with Crippen LogP contribution in [0.5, 0.6) is 0 Å². The number of benzene rings is 2. The van der Waals surface area contributed by atoms with E-state index in [2.05, 4.69) is 0 Å². The third kappa shape index (κ3) is 4.68. The van der Waals surface area contributed by atoms with Gasteiger partial charge in [-0.3, -0.25) is 14.9 Å². The standard InChI is InChI=1S/C26H29FN2O5/c1-25(2)13-18(16-34-25)14-28-21-12-20(27)22(29(31)32)10-19(21)11-23(28)26(3,4)24(30)33-15-17-8-6-5-7-9-17/h5-12,18H,13-16H2,1-4H3/t18-/m1/s1. The number of fused-ring (bicyclic) bond motifs is 1. The monoisotopic (exact) mass is 468 g/mol. The summed E-state index contributed by atoms with van der Waals surface area (Å²) in [5, 5.41) is 11.8. The molecule has 0 unspecified atom stereocenters. The molecule has 2 aromatic carbocycles. The topological polar surface area (TPSA) is 83.6 Å². The van der Waals surface area contributed by atoms with E-state index in [0.717, 1.165) is 12.0 Å². The van der Waals surface area contributed by atoms with Gasteiger partial charge in [0.15, 0.2) is 0 Å².